The lowest BCUT2D eigenvalue weighted by atomic mass is 9.95. The smallest absolute Gasteiger partial charge is 0.303 e. The van der Waals surface area contributed by atoms with E-state index in [4.69, 9.17) is 9.84 Å². The van der Waals surface area contributed by atoms with E-state index < -0.39 is 5.97 Å². The number of aliphatic carboxylic acids is 1. The zero-order valence-corrected chi connectivity index (χ0v) is 11.3. The fraction of sp³-hybridized carbons (Fsp3) is 0.929. The van der Waals surface area contributed by atoms with Gasteiger partial charge < -0.3 is 9.84 Å². The average molecular weight is 255 g/mol. The van der Waals surface area contributed by atoms with Crippen molar-refractivity contribution in [2.24, 2.45) is 5.92 Å². The van der Waals surface area contributed by atoms with Crippen LogP contribution in [0.5, 0.6) is 0 Å². The molecule has 2 aliphatic rings. The topological polar surface area (TPSA) is 49.8 Å². The number of piperidine rings is 1. The normalized spacial score (nSPS) is 27.1. The van der Waals surface area contributed by atoms with E-state index >= 15 is 0 Å². The van der Waals surface area contributed by atoms with Crippen molar-refractivity contribution in [3.8, 4) is 0 Å². The van der Waals surface area contributed by atoms with Gasteiger partial charge >= 0.3 is 5.97 Å². The van der Waals surface area contributed by atoms with Gasteiger partial charge in [-0.1, -0.05) is 6.42 Å². The quantitative estimate of drug-likeness (QED) is 0.757. The van der Waals surface area contributed by atoms with Crippen molar-refractivity contribution in [2.45, 2.75) is 57.0 Å². The number of carboxylic acid groups (broad SMARTS) is 1. The number of ether oxygens (including phenoxy) is 1. The van der Waals surface area contributed by atoms with E-state index in [9.17, 15) is 4.79 Å². The molecule has 0 bridgehead atoms. The Kier molecular flexibility index (Phi) is 5.01. The van der Waals surface area contributed by atoms with Gasteiger partial charge in [0, 0.05) is 25.6 Å². The molecule has 4 heteroatoms. The summed E-state index contributed by atoms with van der Waals surface area (Å²) >= 11 is 0. The third-order valence-corrected chi connectivity index (χ3v) is 4.29. The van der Waals surface area contributed by atoms with Crippen LogP contribution in [0.3, 0.4) is 0 Å². The molecule has 1 aliphatic carbocycles. The summed E-state index contributed by atoms with van der Waals surface area (Å²) in [6.07, 6.45) is 7.36. The number of nitrogens with zero attached hydrogens (tertiary/aromatic N) is 1. The van der Waals surface area contributed by atoms with E-state index in [2.05, 4.69) is 4.90 Å². The lowest BCUT2D eigenvalue weighted by molar-refractivity contribution is -0.137. The van der Waals surface area contributed by atoms with Crippen molar-refractivity contribution in [1.29, 1.82) is 0 Å². The Morgan fingerprint density at radius 2 is 2.17 bits per heavy atom. The zero-order chi connectivity index (χ0) is 13.0. The monoisotopic (exact) mass is 255 g/mol. The number of carboxylic acids is 1. The van der Waals surface area contributed by atoms with Crippen molar-refractivity contribution >= 4 is 5.97 Å². The number of rotatable bonds is 7. The fourth-order valence-electron chi connectivity index (χ4n) is 3.21. The van der Waals surface area contributed by atoms with Gasteiger partial charge in [-0.15, -0.1) is 0 Å². The standard InChI is InChI=1S/C14H25NO3/c1-18-10-13(11-5-6-11)15-9-3-2-4-12(15)7-8-14(16)17/h11-13H,2-10H2,1H3,(H,16,17). The maximum absolute atomic E-state index is 10.7. The SMILES string of the molecule is COCC(C1CC1)N1CCCCC1CCC(=O)O. The molecule has 0 aromatic heterocycles. The Morgan fingerprint density at radius 1 is 1.39 bits per heavy atom. The number of carbonyl (C=O) groups is 1. The van der Waals surface area contributed by atoms with Crippen LogP contribution in [0, 0.1) is 5.92 Å². The van der Waals surface area contributed by atoms with Crippen LogP contribution in [0.4, 0.5) is 0 Å². The second-order valence-corrected chi connectivity index (χ2v) is 5.68. The highest BCUT2D eigenvalue weighted by Crippen LogP contribution is 2.38. The van der Waals surface area contributed by atoms with Gasteiger partial charge in [-0.05, 0) is 44.6 Å². The van der Waals surface area contributed by atoms with Crippen LogP contribution < -0.4 is 0 Å². The molecule has 1 aliphatic heterocycles. The highest BCUT2D eigenvalue weighted by Gasteiger charge is 2.38. The first-order valence-electron chi connectivity index (χ1n) is 7.19. The number of methoxy groups -OCH3 is 1. The van der Waals surface area contributed by atoms with E-state index in [0.29, 0.717) is 18.5 Å². The molecule has 2 unspecified atom stereocenters. The van der Waals surface area contributed by atoms with Gasteiger partial charge in [-0.25, -0.2) is 0 Å². The number of hydrogen-bond donors (Lipinski definition) is 1. The molecule has 0 aromatic carbocycles. The van der Waals surface area contributed by atoms with Gasteiger partial charge in [0.2, 0.25) is 0 Å². The van der Waals surface area contributed by atoms with Crippen LogP contribution in [-0.4, -0.2) is 48.3 Å². The Morgan fingerprint density at radius 3 is 2.78 bits per heavy atom. The summed E-state index contributed by atoms with van der Waals surface area (Å²) in [4.78, 5) is 13.3. The first-order valence-corrected chi connectivity index (χ1v) is 7.19. The maximum Gasteiger partial charge on any atom is 0.303 e. The summed E-state index contributed by atoms with van der Waals surface area (Å²) in [5.74, 6) is 0.116. The molecule has 18 heavy (non-hydrogen) atoms. The highest BCUT2D eigenvalue weighted by molar-refractivity contribution is 5.66. The van der Waals surface area contributed by atoms with Crippen LogP contribution in [0.2, 0.25) is 0 Å². The molecule has 4 nitrogen and oxygen atoms in total. The molecule has 104 valence electrons. The Hall–Kier alpha value is -0.610. The lowest BCUT2D eigenvalue weighted by Gasteiger charge is -2.41. The van der Waals surface area contributed by atoms with Crippen LogP contribution in [0.25, 0.3) is 0 Å². The van der Waals surface area contributed by atoms with Gasteiger partial charge in [-0.3, -0.25) is 9.69 Å². The van der Waals surface area contributed by atoms with Gasteiger partial charge in [-0.2, -0.15) is 0 Å². The molecule has 0 aromatic rings. The minimum atomic E-state index is -0.671. The number of hydrogen-bond acceptors (Lipinski definition) is 3. The summed E-state index contributed by atoms with van der Waals surface area (Å²) < 4.78 is 5.37. The molecular weight excluding hydrogens is 230 g/mol. The largest absolute Gasteiger partial charge is 0.481 e. The maximum atomic E-state index is 10.7. The Bertz CT molecular complexity index is 278. The van der Waals surface area contributed by atoms with Crippen LogP contribution in [-0.2, 0) is 9.53 Å². The molecule has 0 spiro atoms. The van der Waals surface area contributed by atoms with Crippen molar-refractivity contribution in [1.82, 2.24) is 4.90 Å². The summed E-state index contributed by atoms with van der Waals surface area (Å²) in [5.41, 5.74) is 0. The molecule has 0 amide bonds. The first kappa shape index (κ1) is 13.8. The molecule has 1 saturated heterocycles. The summed E-state index contributed by atoms with van der Waals surface area (Å²) in [6.45, 7) is 1.92. The lowest BCUT2D eigenvalue weighted by Crippen LogP contribution is -2.49. The summed E-state index contributed by atoms with van der Waals surface area (Å²) in [6, 6.07) is 0.977. The molecule has 1 heterocycles. The molecule has 1 N–H and O–H groups in total. The third kappa shape index (κ3) is 3.69. The van der Waals surface area contributed by atoms with Crippen LogP contribution >= 0.6 is 0 Å². The van der Waals surface area contributed by atoms with E-state index in [-0.39, 0.29) is 0 Å². The van der Waals surface area contributed by atoms with E-state index in [0.717, 1.165) is 31.9 Å². The van der Waals surface area contributed by atoms with E-state index in [1.165, 1.54) is 25.7 Å². The molecule has 2 fully saturated rings. The van der Waals surface area contributed by atoms with Gasteiger partial charge in [0.25, 0.3) is 0 Å². The molecule has 1 saturated carbocycles. The fourth-order valence-corrected chi connectivity index (χ4v) is 3.21. The Balaban J connectivity index is 1.94. The van der Waals surface area contributed by atoms with Crippen LogP contribution in [0.15, 0.2) is 0 Å². The molecular formula is C14H25NO3. The van der Waals surface area contributed by atoms with Crippen molar-refractivity contribution < 1.29 is 14.6 Å². The zero-order valence-electron chi connectivity index (χ0n) is 11.3. The van der Waals surface area contributed by atoms with Gasteiger partial charge in [0.05, 0.1) is 6.61 Å². The van der Waals surface area contributed by atoms with Crippen LogP contribution in [0.1, 0.15) is 44.9 Å². The molecule has 2 rings (SSSR count). The van der Waals surface area contributed by atoms with Crippen molar-refractivity contribution in [3.63, 3.8) is 0 Å². The predicted molar refractivity (Wildman–Crippen MR) is 69.6 cm³/mol. The highest BCUT2D eigenvalue weighted by atomic mass is 16.5. The minimum absolute atomic E-state index is 0.297. The summed E-state index contributed by atoms with van der Waals surface area (Å²) in [7, 11) is 1.77. The van der Waals surface area contributed by atoms with Gasteiger partial charge in [0.1, 0.15) is 0 Å². The first-order chi connectivity index (χ1) is 8.72. The van der Waals surface area contributed by atoms with Crippen molar-refractivity contribution in [3.05, 3.63) is 0 Å². The Labute approximate surface area is 109 Å². The third-order valence-electron chi connectivity index (χ3n) is 4.29. The van der Waals surface area contributed by atoms with Gasteiger partial charge in [0.15, 0.2) is 0 Å². The predicted octanol–water partition coefficient (Wildman–Crippen LogP) is 2.13. The molecule has 2 atom stereocenters. The second-order valence-electron chi connectivity index (χ2n) is 5.68. The second kappa shape index (κ2) is 6.53. The average Bonchev–Trinajstić information content (AvgIpc) is 3.18. The van der Waals surface area contributed by atoms with E-state index in [1.807, 2.05) is 0 Å². The van der Waals surface area contributed by atoms with Crippen molar-refractivity contribution in [2.75, 3.05) is 20.3 Å². The summed E-state index contributed by atoms with van der Waals surface area (Å²) in [5, 5.41) is 8.85. The van der Waals surface area contributed by atoms with E-state index in [1.54, 1.807) is 7.11 Å². The number of likely N-dealkylation sites (tertiary alicyclic amines) is 1. The molecule has 0 radical (unpaired) electrons. The minimum Gasteiger partial charge on any atom is -0.481 e.